The fourth-order valence-electron chi connectivity index (χ4n) is 6.96. The van der Waals surface area contributed by atoms with E-state index in [0.29, 0.717) is 0 Å². The first kappa shape index (κ1) is 27.9. The zero-order chi connectivity index (χ0) is 31.9. The van der Waals surface area contributed by atoms with Crippen LogP contribution in [0, 0.1) is 0 Å². The van der Waals surface area contributed by atoms with Crippen molar-refractivity contribution in [2.45, 2.75) is 0 Å². The lowest BCUT2D eigenvalue weighted by Crippen LogP contribution is -2.11. The number of nitrogens with zero attached hydrogens (tertiary/aromatic N) is 1. The van der Waals surface area contributed by atoms with Gasteiger partial charge in [-0.15, -0.1) is 0 Å². The van der Waals surface area contributed by atoms with Crippen molar-refractivity contribution in [3.8, 4) is 33.4 Å². The first-order chi connectivity index (χ1) is 23.8. The molecule has 0 saturated carbocycles. The second kappa shape index (κ2) is 11.8. The van der Waals surface area contributed by atoms with Crippen molar-refractivity contribution in [1.82, 2.24) is 0 Å². The molecule has 1 aromatic heterocycles. The van der Waals surface area contributed by atoms with E-state index in [2.05, 4.69) is 187 Å². The van der Waals surface area contributed by atoms with Crippen LogP contribution in [0.4, 0.5) is 17.1 Å². The third kappa shape index (κ3) is 4.83. The first-order valence-electron chi connectivity index (χ1n) is 16.4. The van der Waals surface area contributed by atoms with Crippen molar-refractivity contribution in [1.29, 1.82) is 0 Å². The van der Waals surface area contributed by atoms with Gasteiger partial charge in [-0.05, 0) is 69.6 Å². The van der Waals surface area contributed by atoms with Gasteiger partial charge in [-0.3, -0.25) is 0 Å². The summed E-state index contributed by atoms with van der Waals surface area (Å²) in [6.07, 6.45) is 0. The molecule has 226 valence electrons. The summed E-state index contributed by atoms with van der Waals surface area (Å²) in [6, 6.07) is 66.8. The summed E-state index contributed by atoms with van der Waals surface area (Å²) in [5.41, 5.74) is 12.0. The molecule has 0 amide bonds. The Labute approximate surface area is 279 Å². The molecule has 1 heterocycles. The summed E-state index contributed by atoms with van der Waals surface area (Å²) < 4.78 is 6.70. The summed E-state index contributed by atoms with van der Waals surface area (Å²) in [7, 11) is 0. The van der Waals surface area contributed by atoms with E-state index in [9.17, 15) is 0 Å². The third-order valence-corrected chi connectivity index (χ3v) is 9.27. The van der Waals surface area contributed by atoms with Crippen LogP contribution in [0.3, 0.4) is 0 Å². The third-order valence-electron chi connectivity index (χ3n) is 9.27. The smallest absolute Gasteiger partial charge is 0.145 e. The number of hydrogen-bond donors (Lipinski definition) is 0. The molecule has 0 bridgehead atoms. The van der Waals surface area contributed by atoms with Crippen molar-refractivity contribution in [3.63, 3.8) is 0 Å². The normalized spacial score (nSPS) is 11.3. The standard InChI is InChI=1S/C46H31NO/c1-3-13-32(14-4-1)33-25-27-34(28-26-33)37-19-11-20-38(31-37)47(42-23-12-18-35-17-7-8-21-39(35)42)43-30-29-40(36-15-5-2-6-16-36)46-45(43)41-22-9-10-24-44(41)48-46/h1-31H. The van der Waals surface area contributed by atoms with Gasteiger partial charge in [0.05, 0.1) is 16.8 Å². The summed E-state index contributed by atoms with van der Waals surface area (Å²) >= 11 is 0. The maximum Gasteiger partial charge on any atom is 0.145 e. The van der Waals surface area contributed by atoms with Crippen LogP contribution in [0.15, 0.2) is 192 Å². The number of hydrogen-bond acceptors (Lipinski definition) is 2. The van der Waals surface area contributed by atoms with E-state index in [1.54, 1.807) is 0 Å². The van der Waals surface area contributed by atoms with Crippen LogP contribution in [0.2, 0.25) is 0 Å². The van der Waals surface area contributed by atoms with Gasteiger partial charge in [0.25, 0.3) is 0 Å². The molecule has 0 radical (unpaired) electrons. The number of anilines is 3. The van der Waals surface area contributed by atoms with Gasteiger partial charge < -0.3 is 9.32 Å². The molecule has 9 aromatic rings. The highest BCUT2D eigenvalue weighted by molar-refractivity contribution is 6.18. The molecule has 9 rings (SSSR count). The van der Waals surface area contributed by atoms with Gasteiger partial charge in [-0.1, -0.05) is 152 Å². The Kier molecular flexibility index (Phi) is 6.84. The Bertz CT molecular complexity index is 2540. The lowest BCUT2D eigenvalue weighted by atomic mass is 9.98. The van der Waals surface area contributed by atoms with Crippen molar-refractivity contribution in [3.05, 3.63) is 188 Å². The van der Waals surface area contributed by atoms with Gasteiger partial charge in [0.1, 0.15) is 11.2 Å². The van der Waals surface area contributed by atoms with Crippen LogP contribution in [0.25, 0.3) is 66.1 Å². The van der Waals surface area contributed by atoms with E-state index in [1.807, 2.05) is 6.07 Å². The largest absolute Gasteiger partial charge is 0.455 e. The van der Waals surface area contributed by atoms with Gasteiger partial charge in [-0.25, -0.2) is 0 Å². The fraction of sp³-hybridized carbons (Fsp3) is 0. The Balaban J connectivity index is 1.28. The van der Waals surface area contributed by atoms with Crippen LogP contribution >= 0.6 is 0 Å². The minimum absolute atomic E-state index is 0.877. The summed E-state index contributed by atoms with van der Waals surface area (Å²) in [4.78, 5) is 2.41. The molecular weight excluding hydrogens is 583 g/mol. The van der Waals surface area contributed by atoms with Gasteiger partial charge in [0.15, 0.2) is 0 Å². The molecule has 0 aliphatic rings. The van der Waals surface area contributed by atoms with Gasteiger partial charge >= 0.3 is 0 Å². The summed E-state index contributed by atoms with van der Waals surface area (Å²) in [6.45, 7) is 0. The molecule has 48 heavy (non-hydrogen) atoms. The monoisotopic (exact) mass is 613 g/mol. The molecule has 0 atom stereocenters. The maximum absolute atomic E-state index is 6.70. The molecule has 0 saturated heterocycles. The van der Waals surface area contributed by atoms with E-state index in [1.165, 1.54) is 27.5 Å². The number of para-hydroxylation sites is 1. The molecule has 8 aromatic carbocycles. The molecule has 0 aliphatic heterocycles. The lowest BCUT2D eigenvalue weighted by molar-refractivity contribution is 0.670. The minimum Gasteiger partial charge on any atom is -0.455 e. The molecule has 0 spiro atoms. The predicted octanol–water partition coefficient (Wildman–Crippen LogP) is 13.2. The highest BCUT2D eigenvalue weighted by Gasteiger charge is 2.23. The highest BCUT2D eigenvalue weighted by Crippen LogP contribution is 2.47. The van der Waals surface area contributed by atoms with Crippen LogP contribution in [-0.2, 0) is 0 Å². The average molecular weight is 614 g/mol. The van der Waals surface area contributed by atoms with E-state index in [-0.39, 0.29) is 0 Å². The van der Waals surface area contributed by atoms with Crippen LogP contribution in [0.5, 0.6) is 0 Å². The minimum atomic E-state index is 0.877. The second-order valence-electron chi connectivity index (χ2n) is 12.1. The van der Waals surface area contributed by atoms with Crippen molar-refractivity contribution >= 4 is 49.8 Å². The Morgan fingerprint density at radius 1 is 0.375 bits per heavy atom. The molecule has 2 heteroatoms. The van der Waals surface area contributed by atoms with Gasteiger partial charge in [0, 0.05) is 22.0 Å². The van der Waals surface area contributed by atoms with E-state index >= 15 is 0 Å². The number of furan rings is 1. The van der Waals surface area contributed by atoms with E-state index in [4.69, 9.17) is 4.42 Å². The molecule has 0 N–H and O–H groups in total. The topological polar surface area (TPSA) is 16.4 Å². The van der Waals surface area contributed by atoms with Gasteiger partial charge in [0.2, 0.25) is 0 Å². The molecule has 0 unspecified atom stereocenters. The van der Waals surface area contributed by atoms with Crippen LogP contribution in [0.1, 0.15) is 0 Å². The Morgan fingerprint density at radius 3 is 1.75 bits per heavy atom. The van der Waals surface area contributed by atoms with Crippen LogP contribution < -0.4 is 4.90 Å². The van der Waals surface area contributed by atoms with Crippen molar-refractivity contribution < 1.29 is 4.42 Å². The van der Waals surface area contributed by atoms with E-state index in [0.717, 1.165) is 55.7 Å². The predicted molar refractivity (Wildman–Crippen MR) is 202 cm³/mol. The number of benzene rings is 8. The molecule has 0 fully saturated rings. The lowest BCUT2D eigenvalue weighted by Gasteiger charge is -2.28. The number of fused-ring (bicyclic) bond motifs is 4. The SMILES string of the molecule is c1ccc(-c2ccc(-c3cccc(N(c4cccc5ccccc45)c4ccc(-c5ccccc5)c5oc6ccccc6c45)c3)cc2)cc1. The number of rotatable bonds is 6. The molecular formula is C46H31NO. The summed E-state index contributed by atoms with van der Waals surface area (Å²) in [5, 5.41) is 4.57. The maximum atomic E-state index is 6.70. The first-order valence-corrected chi connectivity index (χ1v) is 16.4. The van der Waals surface area contributed by atoms with Crippen molar-refractivity contribution in [2.24, 2.45) is 0 Å². The Hall–Kier alpha value is -6.38. The second-order valence-corrected chi connectivity index (χ2v) is 12.1. The average Bonchev–Trinajstić information content (AvgIpc) is 3.56. The van der Waals surface area contributed by atoms with Gasteiger partial charge in [-0.2, -0.15) is 0 Å². The zero-order valence-corrected chi connectivity index (χ0v) is 26.3. The molecule has 2 nitrogen and oxygen atoms in total. The summed E-state index contributed by atoms with van der Waals surface area (Å²) in [5.74, 6) is 0. The van der Waals surface area contributed by atoms with Crippen LogP contribution in [-0.4, -0.2) is 0 Å². The quantitative estimate of drug-likeness (QED) is 0.185. The zero-order valence-electron chi connectivity index (χ0n) is 26.3. The fourth-order valence-corrected chi connectivity index (χ4v) is 6.96. The highest BCUT2D eigenvalue weighted by atomic mass is 16.3. The van der Waals surface area contributed by atoms with Crippen molar-refractivity contribution in [2.75, 3.05) is 4.90 Å². The Morgan fingerprint density at radius 2 is 0.958 bits per heavy atom. The molecule has 0 aliphatic carbocycles. The van der Waals surface area contributed by atoms with E-state index < -0.39 is 0 Å².